The first-order valence-electron chi connectivity index (χ1n) is 4.57. The summed E-state index contributed by atoms with van der Waals surface area (Å²) in [5, 5.41) is 0.907. The van der Waals surface area contributed by atoms with E-state index in [1.54, 1.807) is 12.3 Å². The van der Waals surface area contributed by atoms with E-state index < -0.39 is 6.61 Å². The van der Waals surface area contributed by atoms with Gasteiger partial charge in [-0.2, -0.15) is 8.78 Å². The van der Waals surface area contributed by atoms with E-state index in [1.807, 2.05) is 13.0 Å². The number of ether oxygens (including phenoxy) is 1. The second-order valence-corrected chi connectivity index (χ2v) is 3.72. The third-order valence-electron chi connectivity index (χ3n) is 2.11. The van der Waals surface area contributed by atoms with E-state index in [4.69, 9.17) is 11.6 Å². The van der Waals surface area contributed by atoms with E-state index in [0.29, 0.717) is 5.52 Å². The monoisotopic (exact) mass is 243 g/mol. The number of benzene rings is 1. The van der Waals surface area contributed by atoms with Crippen LogP contribution >= 0.6 is 11.6 Å². The van der Waals surface area contributed by atoms with E-state index >= 15 is 0 Å². The standard InChI is InChI=1S/C11H8ClF2NO/c1-6-4-7-2-3-8(16-11(13)14)9(12)10(7)15-5-6/h2-5,11H,1H3. The molecule has 0 saturated carbocycles. The predicted molar refractivity (Wildman–Crippen MR) is 58.1 cm³/mol. The van der Waals surface area contributed by atoms with E-state index in [1.165, 1.54) is 6.07 Å². The van der Waals surface area contributed by atoms with Gasteiger partial charge in [0.2, 0.25) is 0 Å². The maximum Gasteiger partial charge on any atom is 0.387 e. The van der Waals surface area contributed by atoms with Crippen LogP contribution in [0, 0.1) is 6.92 Å². The van der Waals surface area contributed by atoms with Crippen LogP contribution in [0.4, 0.5) is 8.78 Å². The van der Waals surface area contributed by atoms with E-state index in [9.17, 15) is 8.78 Å². The molecule has 84 valence electrons. The molecule has 1 aromatic carbocycles. The number of pyridine rings is 1. The summed E-state index contributed by atoms with van der Waals surface area (Å²) in [6.07, 6.45) is 1.63. The zero-order valence-corrected chi connectivity index (χ0v) is 9.13. The first-order valence-corrected chi connectivity index (χ1v) is 4.95. The van der Waals surface area contributed by atoms with Crippen LogP contribution in [0.1, 0.15) is 5.56 Å². The summed E-state index contributed by atoms with van der Waals surface area (Å²) in [6, 6.07) is 4.94. The van der Waals surface area contributed by atoms with Gasteiger partial charge in [0.1, 0.15) is 10.8 Å². The third kappa shape index (κ3) is 2.07. The lowest BCUT2D eigenvalue weighted by molar-refractivity contribution is -0.0497. The zero-order valence-electron chi connectivity index (χ0n) is 8.38. The Morgan fingerprint density at radius 1 is 1.38 bits per heavy atom. The molecule has 0 unspecified atom stereocenters. The molecule has 0 amide bonds. The van der Waals surface area contributed by atoms with Gasteiger partial charge in [0.25, 0.3) is 0 Å². The minimum atomic E-state index is -2.89. The van der Waals surface area contributed by atoms with Crippen molar-refractivity contribution in [3.05, 3.63) is 35.0 Å². The minimum absolute atomic E-state index is 0.0551. The number of fused-ring (bicyclic) bond motifs is 1. The molecule has 0 fully saturated rings. The van der Waals surface area contributed by atoms with Crippen LogP contribution in [0.5, 0.6) is 5.75 Å². The largest absolute Gasteiger partial charge is 0.433 e. The number of alkyl halides is 2. The lowest BCUT2D eigenvalue weighted by atomic mass is 10.1. The summed E-state index contributed by atoms with van der Waals surface area (Å²) >= 11 is 5.92. The first-order chi connectivity index (χ1) is 7.58. The predicted octanol–water partition coefficient (Wildman–Crippen LogP) is 3.80. The summed E-state index contributed by atoms with van der Waals surface area (Å²) < 4.78 is 28.4. The number of rotatable bonds is 2. The van der Waals surface area contributed by atoms with Gasteiger partial charge in [-0.15, -0.1) is 0 Å². The Morgan fingerprint density at radius 3 is 2.81 bits per heavy atom. The molecule has 0 aliphatic rings. The second kappa shape index (κ2) is 4.22. The van der Waals surface area contributed by atoms with Crippen LogP contribution < -0.4 is 4.74 Å². The molecular weight excluding hydrogens is 236 g/mol. The van der Waals surface area contributed by atoms with Gasteiger partial charge in [0.05, 0.1) is 5.52 Å². The third-order valence-corrected chi connectivity index (χ3v) is 2.47. The Bertz CT molecular complexity index is 531. The highest BCUT2D eigenvalue weighted by molar-refractivity contribution is 6.36. The summed E-state index contributed by atoms with van der Waals surface area (Å²) in [5.74, 6) is -0.0551. The maximum atomic E-state index is 12.1. The SMILES string of the molecule is Cc1cnc2c(Cl)c(OC(F)F)ccc2c1. The van der Waals surface area contributed by atoms with Gasteiger partial charge in [-0.3, -0.25) is 4.98 Å². The molecule has 2 rings (SSSR count). The normalized spacial score (nSPS) is 11.1. The summed E-state index contributed by atoms with van der Waals surface area (Å²) in [5.41, 5.74) is 1.44. The Balaban J connectivity index is 2.56. The van der Waals surface area contributed by atoms with Crippen LogP contribution in [0.3, 0.4) is 0 Å². The summed E-state index contributed by atoms with van der Waals surface area (Å²) in [4.78, 5) is 4.09. The van der Waals surface area contributed by atoms with Gasteiger partial charge in [0, 0.05) is 11.6 Å². The molecule has 2 aromatic rings. The van der Waals surface area contributed by atoms with Crippen molar-refractivity contribution < 1.29 is 13.5 Å². The molecule has 0 saturated heterocycles. The van der Waals surface area contributed by atoms with Crippen LogP contribution in [0.15, 0.2) is 24.4 Å². The summed E-state index contributed by atoms with van der Waals surface area (Å²) in [6.45, 7) is -0.996. The Morgan fingerprint density at radius 2 is 2.12 bits per heavy atom. The van der Waals surface area contributed by atoms with Gasteiger partial charge in [-0.1, -0.05) is 11.6 Å². The lowest BCUT2D eigenvalue weighted by Gasteiger charge is -2.08. The Hall–Kier alpha value is -1.42. The molecule has 1 heterocycles. The van der Waals surface area contributed by atoms with Gasteiger partial charge < -0.3 is 4.74 Å². The highest BCUT2D eigenvalue weighted by Crippen LogP contribution is 2.32. The van der Waals surface area contributed by atoms with Crippen molar-refractivity contribution in [3.63, 3.8) is 0 Å². The van der Waals surface area contributed by atoms with Crippen LogP contribution in [-0.2, 0) is 0 Å². The maximum absolute atomic E-state index is 12.1. The second-order valence-electron chi connectivity index (χ2n) is 3.34. The molecule has 0 atom stereocenters. The molecule has 2 nitrogen and oxygen atoms in total. The fraction of sp³-hybridized carbons (Fsp3) is 0.182. The van der Waals surface area contributed by atoms with Crippen molar-refractivity contribution in [2.45, 2.75) is 13.5 Å². The van der Waals surface area contributed by atoms with E-state index in [0.717, 1.165) is 10.9 Å². The summed E-state index contributed by atoms with van der Waals surface area (Å²) in [7, 11) is 0. The average molecular weight is 244 g/mol. The first kappa shape index (κ1) is 11.1. The van der Waals surface area contributed by atoms with Crippen molar-refractivity contribution in [3.8, 4) is 5.75 Å². The van der Waals surface area contributed by atoms with E-state index in [-0.39, 0.29) is 10.8 Å². The molecule has 0 aliphatic heterocycles. The smallest absolute Gasteiger partial charge is 0.387 e. The Labute approximate surface area is 95.8 Å². The van der Waals surface area contributed by atoms with Gasteiger partial charge in [0.15, 0.2) is 0 Å². The molecule has 0 bridgehead atoms. The number of hydrogen-bond acceptors (Lipinski definition) is 2. The molecule has 5 heteroatoms. The van der Waals surface area contributed by atoms with Crippen molar-refractivity contribution in [2.75, 3.05) is 0 Å². The number of hydrogen-bond donors (Lipinski definition) is 0. The lowest BCUT2D eigenvalue weighted by Crippen LogP contribution is -2.02. The molecule has 0 aliphatic carbocycles. The molecule has 16 heavy (non-hydrogen) atoms. The van der Waals surface area contributed by atoms with Crippen molar-refractivity contribution in [1.29, 1.82) is 0 Å². The van der Waals surface area contributed by atoms with Gasteiger partial charge in [-0.05, 0) is 30.7 Å². The highest BCUT2D eigenvalue weighted by Gasteiger charge is 2.11. The average Bonchev–Trinajstić information content (AvgIpc) is 2.22. The van der Waals surface area contributed by atoms with Crippen molar-refractivity contribution >= 4 is 22.5 Å². The Kier molecular flexibility index (Phi) is 2.92. The van der Waals surface area contributed by atoms with Gasteiger partial charge >= 0.3 is 6.61 Å². The van der Waals surface area contributed by atoms with Gasteiger partial charge in [-0.25, -0.2) is 0 Å². The molecule has 0 radical (unpaired) electrons. The number of aromatic nitrogens is 1. The number of halogens is 3. The quantitative estimate of drug-likeness (QED) is 0.800. The van der Waals surface area contributed by atoms with Crippen molar-refractivity contribution in [2.24, 2.45) is 0 Å². The number of nitrogens with zero attached hydrogens (tertiary/aromatic N) is 1. The number of aryl methyl sites for hydroxylation is 1. The minimum Gasteiger partial charge on any atom is -0.433 e. The molecule has 0 spiro atoms. The molecule has 1 aromatic heterocycles. The van der Waals surface area contributed by atoms with E-state index in [2.05, 4.69) is 9.72 Å². The zero-order chi connectivity index (χ0) is 11.7. The highest BCUT2D eigenvalue weighted by atomic mass is 35.5. The van der Waals surface area contributed by atoms with Crippen LogP contribution in [-0.4, -0.2) is 11.6 Å². The topological polar surface area (TPSA) is 22.1 Å². The van der Waals surface area contributed by atoms with Crippen LogP contribution in [0.25, 0.3) is 10.9 Å². The van der Waals surface area contributed by atoms with Crippen molar-refractivity contribution in [1.82, 2.24) is 4.98 Å². The van der Waals surface area contributed by atoms with Crippen LogP contribution in [0.2, 0.25) is 5.02 Å². The fourth-order valence-corrected chi connectivity index (χ4v) is 1.71. The molecule has 0 N–H and O–H groups in total. The molecular formula is C11H8ClF2NO. The fourth-order valence-electron chi connectivity index (χ4n) is 1.44.